The number of benzene rings is 1. The third kappa shape index (κ3) is 4.67. The molecule has 0 bridgehead atoms. The van der Waals surface area contributed by atoms with Gasteiger partial charge in [0.15, 0.2) is 0 Å². The first-order chi connectivity index (χ1) is 8.81. The van der Waals surface area contributed by atoms with Crippen molar-refractivity contribution in [2.24, 2.45) is 5.92 Å². The molecule has 0 aliphatic carbocycles. The van der Waals surface area contributed by atoms with Crippen molar-refractivity contribution < 1.29 is 14.7 Å². The smallest absolute Gasteiger partial charge is 0.305 e. The summed E-state index contributed by atoms with van der Waals surface area (Å²) in [5.41, 5.74) is 1.57. The van der Waals surface area contributed by atoms with E-state index >= 15 is 0 Å². The van der Waals surface area contributed by atoms with Crippen LogP contribution in [0.2, 0.25) is 0 Å². The van der Waals surface area contributed by atoms with Gasteiger partial charge in [0.05, 0.1) is 6.42 Å². The van der Waals surface area contributed by atoms with Crippen LogP contribution in [0.4, 0.5) is 0 Å². The summed E-state index contributed by atoms with van der Waals surface area (Å²) in [6.45, 7) is 5.71. The molecule has 0 aromatic heterocycles. The number of nitrogens with one attached hydrogen (secondary N) is 1. The Labute approximate surface area is 121 Å². The second kappa shape index (κ2) is 6.70. The van der Waals surface area contributed by atoms with E-state index in [4.69, 9.17) is 5.11 Å². The normalized spacial score (nSPS) is 12.3. The monoisotopic (exact) mass is 327 g/mol. The van der Waals surface area contributed by atoms with Crippen LogP contribution < -0.4 is 5.32 Å². The molecule has 0 radical (unpaired) electrons. The molecule has 5 heteroatoms. The highest BCUT2D eigenvalue weighted by Crippen LogP contribution is 2.18. The Balaban J connectivity index is 2.81. The molecule has 1 aromatic rings. The van der Waals surface area contributed by atoms with Crippen molar-refractivity contribution in [1.82, 2.24) is 5.32 Å². The molecule has 2 N–H and O–H groups in total. The average Bonchev–Trinajstić information content (AvgIpc) is 2.31. The fourth-order valence-corrected chi connectivity index (χ4v) is 2.01. The minimum atomic E-state index is -0.913. The molecular weight excluding hydrogens is 310 g/mol. The number of hydrogen-bond donors (Lipinski definition) is 2. The lowest BCUT2D eigenvalue weighted by Gasteiger charge is -2.20. The molecule has 0 aliphatic heterocycles. The number of carbonyl (C=O) groups excluding carboxylic acids is 1. The summed E-state index contributed by atoms with van der Waals surface area (Å²) in [4.78, 5) is 22.9. The van der Waals surface area contributed by atoms with Gasteiger partial charge >= 0.3 is 5.97 Å². The Morgan fingerprint density at radius 2 is 2.00 bits per heavy atom. The molecule has 104 valence electrons. The molecular formula is C14H18BrNO3. The Kier molecular flexibility index (Phi) is 5.54. The topological polar surface area (TPSA) is 66.4 Å². The third-order valence-electron chi connectivity index (χ3n) is 2.95. The highest BCUT2D eigenvalue weighted by Gasteiger charge is 2.20. The maximum atomic E-state index is 12.1. The fourth-order valence-electron chi connectivity index (χ4n) is 1.63. The van der Waals surface area contributed by atoms with Gasteiger partial charge in [0.2, 0.25) is 0 Å². The first kappa shape index (κ1) is 15.7. The van der Waals surface area contributed by atoms with E-state index in [0.717, 1.165) is 10.0 Å². The lowest BCUT2D eigenvalue weighted by molar-refractivity contribution is -0.137. The fraction of sp³-hybridized carbons (Fsp3) is 0.429. The van der Waals surface area contributed by atoms with Crippen LogP contribution in [-0.2, 0) is 4.79 Å². The number of carboxylic acids is 1. The first-order valence-corrected chi connectivity index (χ1v) is 6.89. The second-order valence-electron chi connectivity index (χ2n) is 4.89. The number of hydrogen-bond acceptors (Lipinski definition) is 2. The minimum Gasteiger partial charge on any atom is -0.481 e. The van der Waals surface area contributed by atoms with E-state index in [1.165, 1.54) is 0 Å². The molecule has 0 saturated carbocycles. The number of rotatable bonds is 5. The molecule has 0 fully saturated rings. The number of aliphatic carboxylic acids is 1. The van der Waals surface area contributed by atoms with Crippen molar-refractivity contribution in [1.29, 1.82) is 0 Å². The maximum Gasteiger partial charge on any atom is 0.305 e. The van der Waals surface area contributed by atoms with Gasteiger partial charge in [0.1, 0.15) is 0 Å². The summed E-state index contributed by atoms with van der Waals surface area (Å²) in [6.07, 6.45) is -0.0730. The van der Waals surface area contributed by atoms with Gasteiger partial charge in [0, 0.05) is 16.1 Å². The van der Waals surface area contributed by atoms with E-state index in [9.17, 15) is 9.59 Å². The van der Waals surface area contributed by atoms with E-state index in [0.29, 0.717) is 5.56 Å². The molecule has 0 saturated heterocycles. The molecule has 0 aliphatic rings. The quantitative estimate of drug-likeness (QED) is 0.873. The summed E-state index contributed by atoms with van der Waals surface area (Å²) in [5, 5.41) is 11.6. The van der Waals surface area contributed by atoms with Gasteiger partial charge in [-0.2, -0.15) is 0 Å². The molecule has 1 aromatic carbocycles. The van der Waals surface area contributed by atoms with E-state index in [1.54, 1.807) is 12.1 Å². The van der Waals surface area contributed by atoms with Crippen molar-refractivity contribution in [3.05, 3.63) is 33.8 Å². The largest absolute Gasteiger partial charge is 0.481 e. The van der Waals surface area contributed by atoms with Gasteiger partial charge in [-0.15, -0.1) is 0 Å². The standard InChI is InChI=1S/C14H18BrNO3/c1-8(2)12(7-13(17)18)16-14(19)10-5-4-9(3)11(15)6-10/h4-6,8,12H,7H2,1-3H3,(H,16,19)(H,17,18). The maximum absolute atomic E-state index is 12.1. The molecule has 0 heterocycles. The van der Waals surface area contributed by atoms with E-state index in [-0.39, 0.29) is 24.3 Å². The van der Waals surface area contributed by atoms with E-state index in [2.05, 4.69) is 21.2 Å². The van der Waals surface area contributed by atoms with Gasteiger partial charge in [0.25, 0.3) is 5.91 Å². The first-order valence-electron chi connectivity index (χ1n) is 6.10. The van der Waals surface area contributed by atoms with Crippen molar-refractivity contribution in [3.63, 3.8) is 0 Å². The van der Waals surface area contributed by atoms with Crippen LogP contribution in [0.1, 0.15) is 36.2 Å². The predicted octanol–water partition coefficient (Wildman–Crippen LogP) is 2.99. The second-order valence-corrected chi connectivity index (χ2v) is 5.74. The van der Waals surface area contributed by atoms with Crippen molar-refractivity contribution in [3.8, 4) is 0 Å². The highest BCUT2D eigenvalue weighted by molar-refractivity contribution is 9.10. The summed E-state index contributed by atoms with van der Waals surface area (Å²) < 4.78 is 0.861. The summed E-state index contributed by atoms with van der Waals surface area (Å²) in [7, 11) is 0. The van der Waals surface area contributed by atoms with Crippen molar-refractivity contribution in [2.75, 3.05) is 0 Å². The molecule has 1 unspecified atom stereocenters. The van der Waals surface area contributed by atoms with Gasteiger partial charge in [-0.25, -0.2) is 0 Å². The van der Waals surface area contributed by atoms with E-state index < -0.39 is 5.97 Å². The highest BCUT2D eigenvalue weighted by atomic mass is 79.9. The van der Waals surface area contributed by atoms with Crippen LogP contribution in [0.15, 0.2) is 22.7 Å². The van der Waals surface area contributed by atoms with Crippen molar-refractivity contribution in [2.45, 2.75) is 33.2 Å². The molecule has 1 rings (SSSR count). The van der Waals surface area contributed by atoms with Crippen LogP contribution >= 0.6 is 15.9 Å². The van der Waals surface area contributed by atoms with Crippen LogP contribution in [-0.4, -0.2) is 23.0 Å². The van der Waals surface area contributed by atoms with Gasteiger partial charge in [-0.1, -0.05) is 35.8 Å². The predicted molar refractivity (Wildman–Crippen MR) is 77.2 cm³/mol. The lowest BCUT2D eigenvalue weighted by Crippen LogP contribution is -2.40. The number of halogens is 1. The molecule has 1 atom stereocenters. The zero-order valence-electron chi connectivity index (χ0n) is 11.2. The van der Waals surface area contributed by atoms with E-state index in [1.807, 2.05) is 26.8 Å². The van der Waals surface area contributed by atoms with Crippen LogP contribution in [0.3, 0.4) is 0 Å². The zero-order chi connectivity index (χ0) is 14.6. The Bertz CT molecular complexity index is 486. The van der Waals surface area contributed by atoms with Gasteiger partial charge < -0.3 is 10.4 Å². The number of carboxylic acid groups (broad SMARTS) is 1. The lowest BCUT2D eigenvalue weighted by atomic mass is 10.0. The molecule has 19 heavy (non-hydrogen) atoms. The summed E-state index contributed by atoms with van der Waals surface area (Å²) in [5.74, 6) is -1.10. The van der Waals surface area contributed by atoms with Gasteiger partial charge in [-0.3, -0.25) is 9.59 Å². The van der Waals surface area contributed by atoms with Crippen LogP contribution in [0, 0.1) is 12.8 Å². The molecule has 0 spiro atoms. The Morgan fingerprint density at radius 1 is 1.37 bits per heavy atom. The van der Waals surface area contributed by atoms with Gasteiger partial charge in [-0.05, 0) is 30.5 Å². The average molecular weight is 328 g/mol. The summed E-state index contributed by atoms with van der Waals surface area (Å²) >= 11 is 3.38. The molecule has 4 nitrogen and oxygen atoms in total. The Hall–Kier alpha value is -1.36. The molecule has 1 amide bonds. The Morgan fingerprint density at radius 3 is 2.47 bits per heavy atom. The van der Waals surface area contributed by atoms with Crippen LogP contribution in [0.5, 0.6) is 0 Å². The zero-order valence-corrected chi connectivity index (χ0v) is 12.8. The third-order valence-corrected chi connectivity index (χ3v) is 3.80. The SMILES string of the molecule is Cc1ccc(C(=O)NC(CC(=O)O)C(C)C)cc1Br. The number of aryl methyl sites for hydroxylation is 1. The summed E-state index contributed by atoms with van der Waals surface area (Å²) in [6, 6.07) is 4.95. The minimum absolute atomic E-state index is 0.0638. The number of amides is 1. The number of carbonyl (C=O) groups is 2. The van der Waals surface area contributed by atoms with Crippen LogP contribution in [0.25, 0.3) is 0 Å². The van der Waals surface area contributed by atoms with Crippen molar-refractivity contribution >= 4 is 27.8 Å².